The van der Waals surface area contributed by atoms with E-state index in [2.05, 4.69) is 4.98 Å². The molecule has 1 saturated heterocycles. The number of thiazole rings is 1. The van der Waals surface area contributed by atoms with Crippen LogP contribution in [-0.2, 0) is 30.7 Å². The lowest BCUT2D eigenvalue weighted by molar-refractivity contribution is -0.156. The Kier molecular flexibility index (Phi) is 6.09. The molecule has 1 fully saturated rings. The van der Waals surface area contributed by atoms with Crippen molar-refractivity contribution in [3.63, 3.8) is 0 Å². The molecule has 0 saturated carbocycles. The number of carbonyl (C=O) groups excluding carboxylic acids is 1. The second-order valence-corrected chi connectivity index (χ2v) is 10.1. The second-order valence-electron chi connectivity index (χ2n) is 6.65. The molecule has 2 heterocycles. The molecular weight excluding hydrogens is 456 g/mol. The quantitative estimate of drug-likeness (QED) is 0.482. The molecule has 1 aliphatic heterocycles. The van der Waals surface area contributed by atoms with Crippen molar-refractivity contribution in [3.05, 3.63) is 51.5 Å². The van der Waals surface area contributed by atoms with E-state index in [-0.39, 0.29) is 47.6 Å². The Morgan fingerprint density at radius 1 is 1.33 bits per heavy atom. The van der Waals surface area contributed by atoms with Gasteiger partial charge >= 0.3 is 0 Å². The number of fused-ring (bicyclic) bond motifs is 1. The molecule has 2 atom stereocenters. The van der Waals surface area contributed by atoms with E-state index in [0.717, 1.165) is 0 Å². The van der Waals surface area contributed by atoms with E-state index in [1.807, 2.05) is 0 Å². The highest BCUT2D eigenvalue weighted by molar-refractivity contribution is 7.91. The van der Waals surface area contributed by atoms with Gasteiger partial charge in [-0.2, -0.15) is 0 Å². The highest BCUT2D eigenvalue weighted by atomic mass is 35.5. The summed E-state index contributed by atoms with van der Waals surface area (Å²) in [7, 11) is -3.95. The van der Waals surface area contributed by atoms with Crippen LogP contribution in [0.15, 0.2) is 46.2 Å². The number of aromatic nitrogens is 1. The zero-order valence-corrected chi connectivity index (χ0v) is 17.8. The molecule has 12 heteroatoms. The average Bonchev–Trinajstić information content (AvgIpc) is 3.42. The summed E-state index contributed by atoms with van der Waals surface area (Å²) < 4.78 is 41.7. The molecular formula is C18H17ClN2O7S2. The van der Waals surface area contributed by atoms with Crippen molar-refractivity contribution in [2.24, 2.45) is 0 Å². The number of hydrogen-bond donors (Lipinski definition) is 1. The van der Waals surface area contributed by atoms with Gasteiger partial charge < -0.3 is 14.2 Å². The number of hydroxylamine groups is 2. The fraction of sp³-hybridized carbons (Fsp3) is 0.333. The second kappa shape index (κ2) is 8.61. The summed E-state index contributed by atoms with van der Waals surface area (Å²) in [4.78, 5) is 16.4. The van der Waals surface area contributed by atoms with Crippen molar-refractivity contribution in [2.75, 3.05) is 12.7 Å². The minimum atomic E-state index is -3.95. The molecule has 9 nitrogen and oxygen atoms in total. The Labute approximate surface area is 181 Å². The number of halogens is 1. The van der Waals surface area contributed by atoms with Gasteiger partial charge in [0.2, 0.25) is 0 Å². The van der Waals surface area contributed by atoms with Crippen molar-refractivity contribution >= 4 is 38.7 Å². The lowest BCUT2D eigenvalue weighted by atomic mass is 10.2. The van der Waals surface area contributed by atoms with Crippen molar-refractivity contribution < 1.29 is 32.6 Å². The number of rotatable bonds is 7. The van der Waals surface area contributed by atoms with E-state index in [1.54, 1.807) is 11.5 Å². The third-order valence-electron chi connectivity index (χ3n) is 4.59. The third kappa shape index (κ3) is 4.66. The molecule has 1 aromatic heterocycles. The first kappa shape index (κ1) is 21.2. The maximum atomic E-state index is 12.6. The van der Waals surface area contributed by atoms with Gasteiger partial charge in [-0.3, -0.25) is 10.0 Å². The molecule has 0 bridgehead atoms. The zero-order valence-electron chi connectivity index (χ0n) is 15.4. The Morgan fingerprint density at radius 3 is 2.77 bits per heavy atom. The summed E-state index contributed by atoms with van der Waals surface area (Å²) in [6, 6.07) is 5.66. The fourth-order valence-electron chi connectivity index (χ4n) is 3.09. The first-order valence-corrected chi connectivity index (χ1v) is 11.7. The van der Waals surface area contributed by atoms with Gasteiger partial charge in [-0.15, -0.1) is 11.3 Å². The van der Waals surface area contributed by atoms with Crippen LogP contribution in [0.3, 0.4) is 0 Å². The average molecular weight is 473 g/mol. The molecule has 2 unspecified atom stereocenters. The molecule has 4 rings (SSSR count). The maximum absolute atomic E-state index is 12.6. The summed E-state index contributed by atoms with van der Waals surface area (Å²) in [5, 5.41) is 12.0. The van der Waals surface area contributed by atoms with Crippen molar-refractivity contribution in [2.45, 2.75) is 30.1 Å². The highest BCUT2D eigenvalue weighted by Gasteiger charge is 2.37. The van der Waals surface area contributed by atoms with E-state index >= 15 is 0 Å². The smallest absolute Gasteiger partial charge is 0.274 e. The molecule has 160 valence electrons. The lowest BCUT2D eigenvalue weighted by Crippen LogP contribution is -2.33. The Balaban J connectivity index is 1.36. The zero-order chi connectivity index (χ0) is 21.3. The first-order valence-electron chi connectivity index (χ1n) is 8.82. The first-order chi connectivity index (χ1) is 14.3. The number of benzene rings is 1. The summed E-state index contributed by atoms with van der Waals surface area (Å²) in [5.74, 6) is -1.22. The molecule has 0 spiro atoms. The highest BCUT2D eigenvalue weighted by Crippen LogP contribution is 2.30. The van der Waals surface area contributed by atoms with Crippen LogP contribution in [0.5, 0.6) is 5.75 Å². The Morgan fingerprint density at radius 2 is 2.10 bits per heavy atom. The van der Waals surface area contributed by atoms with Crippen molar-refractivity contribution in [1.82, 2.24) is 10.0 Å². The van der Waals surface area contributed by atoms with Crippen molar-refractivity contribution in [1.29, 1.82) is 0 Å². The van der Waals surface area contributed by atoms with Gasteiger partial charge in [0.05, 0.1) is 16.7 Å². The minimum Gasteiger partial charge on any atom is -0.487 e. The third-order valence-corrected chi connectivity index (χ3v) is 7.19. The van der Waals surface area contributed by atoms with E-state index in [1.165, 1.54) is 35.6 Å². The van der Waals surface area contributed by atoms with Gasteiger partial charge in [-0.25, -0.2) is 18.5 Å². The summed E-state index contributed by atoms with van der Waals surface area (Å²) >= 11 is 7.05. The molecule has 1 aromatic carbocycles. The topological polar surface area (TPSA) is 115 Å². The molecule has 0 radical (unpaired) electrons. The molecule has 30 heavy (non-hydrogen) atoms. The Hall–Kier alpha value is -2.02. The van der Waals surface area contributed by atoms with Crippen LogP contribution in [0.1, 0.15) is 12.1 Å². The minimum absolute atomic E-state index is 0.0534. The predicted molar refractivity (Wildman–Crippen MR) is 106 cm³/mol. The molecule has 2 aliphatic rings. The monoisotopic (exact) mass is 472 g/mol. The van der Waals surface area contributed by atoms with Crippen LogP contribution in [0.2, 0.25) is 4.47 Å². The lowest BCUT2D eigenvalue weighted by Gasteiger charge is -2.16. The van der Waals surface area contributed by atoms with E-state index in [0.29, 0.717) is 15.9 Å². The van der Waals surface area contributed by atoms with Gasteiger partial charge in [0.1, 0.15) is 25.3 Å². The van der Waals surface area contributed by atoms with Crippen LogP contribution in [0.4, 0.5) is 0 Å². The van der Waals surface area contributed by atoms with Gasteiger partial charge in [-0.05, 0) is 30.3 Å². The number of ether oxygens (including phenoxy) is 3. The summed E-state index contributed by atoms with van der Waals surface area (Å²) in [6.45, 7) is 0.348. The Bertz CT molecular complexity index is 1070. The summed E-state index contributed by atoms with van der Waals surface area (Å²) in [6.07, 6.45) is 1.19. The maximum Gasteiger partial charge on any atom is 0.274 e. The standard InChI is InChI=1S/C18H17ClN2O7S2/c19-18-20-12(8-29-18)7-26-13-1-3-14(4-2-13)30(24,25)9-21(23)17(22)11-5-15-16(6-11)28-10-27-15/h1-5,8,15-16,23H,6-7,9-10H2. The number of sulfone groups is 1. The molecule has 2 aromatic rings. The molecule has 1 aliphatic carbocycles. The number of carbonyl (C=O) groups is 1. The number of nitrogens with zero attached hydrogens (tertiary/aromatic N) is 2. The number of hydrogen-bond acceptors (Lipinski definition) is 9. The van der Waals surface area contributed by atoms with Gasteiger partial charge in [0, 0.05) is 17.4 Å². The summed E-state index contributed by atoms with van der Waals surface area (Å²) in [5.41, 5.74) is 0.922. The van der Waals surface area contributed by atoms with Crippen LogP contribution in [0, 0.1) is 0 Å². The SMILES string of the molecule is O=C(C1=CC2OCOC2C1)N(O)CS(=O)(=O)c1ccc(OCc2csc(Cl)n2)cc1. The van der Waals surface area contributed by atoms with E-state index in [4.69, 9.17) is 25.8 Å². The molecule has 1 amide bonds. The van der Waals surface area contributed by atoms with Crippen LogP contribution in [-0.4, -0.2) is 54.5 Å². The van der Waals surface area contributed by atoms with Crippen LogP contribution in [0.25, 0.3) is 0 Å². The van der Waals surface area contributed by atoms with Crippen molar-refractivity contribution in [3.8, 4) is 5.75 Å². The predicted octanol–water partition coefficient (Wildman–Crippen LogP) is 2.40. The fourth-order valence-corrected chi connectivity index (χ4v) is 4.99. The van der Waals surface area contributed by atoms with Gasteiger partial charge in [0.25, 0.3) is 5.91 Å². The normalized spacial score (nSPS) is 20.7. The van der Waals surface area contributed by atoms with E-state index in [9.17, 15) is 18.4 Å². The van der Waals surface area contributed by atoms with Crippen LogP contribution < -0.4 is 4.74 Å². The largest absolute Gasteiger partial charge is 0.487 e. The van der Waals surface area contributed by atoms with Crippen LogP contribution >= 0.6 is 22.9 Å². The van der Waals surface area contributed by atoms with Gasteiger partial charge in [-0.1, -0.05) is 11.6 Å². The van der Waals surface area contributed by atoms with Gasteiger partial charge in [0.15, 0.2) is 20.2 Å². The molecule has 1 N–H and O–H groups in total. The number of amides is 1. The van der Waals surface area contributed by atoms with E-state index < -0.39 is 21.6 Å².